The molecule has 5 rings (SSSR count). The lowest BCUT2D eigenvalue weighted by Gasteiger charge is -2.27. The van der Waals surface area contributed by atoms with Gasteiger partial charge >= 0.3 is 0 Å². The molecule has 0 aliphatic carbocycles. The van der Waals surface area contributed by atoms with E-state index in [1.807, 2.05) is 33.0 Å². The van der Waals surface area contributed by atoms with Gasteiger partial charge in [0.2, 0.25) is 16.0 Å². The number of nitrogens with one attached hydrogen (secondary N) is 3. The first-order chi connectivity index (χ1) is 17.7. The Hall–Kier alpha value is -3.05. The molecule has 1 saturated heterocycles. The highest BCUT2D eigenvalue weighted by Crippen LogP contribution is 2.34. The molecule has 2 aliphatic heterocycles. The van der Waals surface area contributed by atoms with Gasteiger partial charge in [-0.25, -0.2) is 18.1 Å². The van der Waals surface area contributed by atoms with E-state index in [1.54, 1.807) is 18.2 Å². The van der Waals surface area contributed by atoms with Crippen LogP contribution in [0.1, 0.15) is 31.9 Å². The second-order valence-corrected chi connectivity index (χ2v) is 12.3. The fourth-order valence-electron chi connectivity index (χ4n) is 4.69. The fourth-order valence-corrected chi connectivity index (χ4v) is 6.15. The van der Waals surface area contributed by atoms with Crippen molar-refractivity contribution in [2.75, 3.05) is 42.9 Å². The van der Waals surface area contributed by atoms with Gasteiger partial charge in [0.05, 0.1) is 4.90 Å². The zero-order valence-electron chi connectivity index (χ0n) is 21.7. The summed E-state index contributed by atoms with van der Waals surface area (Å²) in [5.74, 6) is 1.31. The van der Waals surface area contributed by atoms with Crippen molar-refractivity contribution in [1.29, 1.82) is 0 Å². The predicted octanol–water partition coefficient (Wildman–Crippen LogP) is 3.40. The number of piperazine rings is 1. The highest BCUT2D eigenvalue weighted by molar-refractivity contribution is 7.89. The van der Waals surface area contributed by atoms with E-state index >= 15 is 0 Å². The maximum absolute atomic E-state index is 12.9. The van der Waals surface area contributed by atoms with Crippen molar-refractivity contribution >= 4 is 33.2 Å². The van der Waals surface area contributed by atoms with Gasteiger partial charge in [0.15, 0.2) is 0 Å². The van der Waals surface area contributed by atoms with Crippen LogP contribution in [0.2, 0.25) is 0 Å². The van der Waals surface area contributed by atoms with Crippen LogP contribution >= 0.6 is 0 Å². The minimum atomic E-state index is -3.64. The highest BCUT2D eigenvalue weighted by Gasteiger charge is 2.26. The molecule has 0 spiro atoms. The molecule has 9 nitrogen and oxygen atoms in total. The maximum atomic E-state index is 12.9. The number of rotatable bonds is 7. The van der Waals surface area contributed by atoms with Crippen molar-refractivity contribution in [3.63, 3.8) is 0 Å². The number of benzene rings is 2. The topological polar surface area (TPSA) is 102 Å². The van der Waals surface area contributed by atoms with Gasteiger partial charge in [0, 0.05) is 67.9 Å². The zero-order valence-corrected chi connectivity index (χ0v) is 22.5. The SMILES string of the molecule is CC(C)(C)NS(=O)(=O)c1cccc(N2CCc3cnc(Nc4ccc(CN5CCNCC5)cc4)nc32)c1. The average Bonchev–Trinajstić information content (AvgIpc) is 3.28. The van der Waals surface area contributed by atoms with Gasteiger partial charge in [-0.1, -0.05) is 18.2 Å². The van der Waals surface area contributed by atoms with E-state index in [4.69, 9.17) is 4.98 Å². The Kier molecular flexibility index (Phi) is 7.17. The molecule has 0 atom stereocenters. The van der Waals surface area contributed by atoms with Gasteiger partial charge < -0.3 is 15.5 Å². The Morgan fingerprint density at radius 2 is 1.78 bits per heavy atom. The van der Waals surface area contributed by atoms with Gasteiger partial charge in [-0.3, -0.25) is 4.90 Å². The number of fused-ring (bicyclic) bond motifs is 1. The molecule has 2 aromatic carbocycles. The maximum Gasteiger partial charge on any atom is 0.241 e. The summed E-state index contributed by atoms with van der Waals surface area (Å²) in [7, 11) is -3.64. The molecule has 3 N–H and O–H groups in total. The van der Waals surface area contributed by atoms with Crippen LogP contribution in [0.5, 0.6) is 0 Å². The van der Waals surface area contributed by atoms with Crippen LogP contribution in [0, 0.1) is 0 Å². The lowest BCUT2D eigenvalue weighted by molar-refractivity contribution is 0.233. The van der Waals surface area contributed by atoms with Crippen LogP contribution in [0.4, 0.5) is 23.1 Å². The van der Waals surface area contributed by atoms with Crippen molar-refractivity contribution in [2.45, 2.75) is 44.2 Å². The van der Waals surface area contributed by atoms with E-state index in [2.05, 4.69) is 54.4 Å². The molecule has 10 heteroatoms. The number of anilines is 4. The van der Waals surface area contributed by atoms with E-state index in [9.17, 15) is 8.42 Å². The van der Waals surface area contributed by atoms with Crippen molar-refractivity contribution in [2.24, 2.45) is 0 Å². The van der Waals surface area contributed by atoms with Gasteiger partial charge in [-0.05, 0) is 63.1 Å². The molecule has 1 aromatic heterocycles. The highest BCUT2D eigenvalue weighted by atomic mass is 32.2. The summed E-state index contributed by atoms with van der Waals surface area (Å²) in [4.78, 5) is 14.1. The fraction of sp³-hybridized carbons (Fsp3) is 0.407. The van der Waals surface area contributed by atoms with Crippen LogP contribution in [0.3, 0.4) is 0 Å². The molecule has 0 bridgehead atoms. The number of hydrogen-bond donors (Lipinski definition) is 3. The molecule has 0 unspecified atom stereocenters. The summed E-state index contributed by atoms with van der Waals surface area (Å²) < 4.78 is 28.5. The Morgan fingerprint density at radius 3 is 2.51 bits per heavy atom. The minimum Gasteiger partial charge on any atom is -0.326 e. The van der Waals surface area contributed by atoms with Crippen LogP contribution in [0.25, 0.3) is 0 Å². The lowest BCUT2D eigenvalue weighted by atomic mass is 10.1. The number of hydrogen-bond acceptors (Lipinski definition) is 8. The molecule has 37 heavy (non-hydrogen) atoms. The Morgan fingerprint density at radius 1 is 1.03 bits per heavy atom. The third kappa shape index (κ3) is 6.27. The van der Waals surface area contributed by atoms with Gasteiger partial charge in [-0.15, -0.1) is 0 Å². The van der Waals surface area contributed by atoms with Crippen LogP contribution in [-0.4, -0.2) is 61.5 Å². The van der Waals surface area contributed by atoms with Gasteiger partial charge in [0.1, 0.15) is 5.82 Å². The molecule has 3 heterocycles. The summed E-state index contributed by atoms with van der Waals surface area (Å²) in [6.45, 7) is 11.4. The molecular weight excluding hydrogens is 486 g/mol. The second kappa shape index (κ2) is 10.4. The molecule has 196 valence electrons. The number of aromatic nitrogens is 2. The van der Waals surface area contributed by atoms with E-state index in [-0.39, 0.29) is 4.90 Å². The average molecular weight is 522 g/mol. The molecule has 0 amide bonds. The number of nitrogens with zero attached hydrogens (tertiary/aromatic N) is 4. The summed E-state index contributed by atoms with van der Waals surface area (Å²) >= 11 is 0. The molecule has 1 fully saturated rings. The first-order valence-electron chi connectivity index (χ1n) is 12.7. The lowest BCUT2D eigenvalue weighted by Crippen LogP contribution is -2.42. The van der Waals surface area contributed by atoms with E-state index in [1.165, 1.54) is 5.56 Å². The Bertz CT molecular complexity index is 1350. The molecule has 0 radical (unpaired) electrons. The predicted molar refractivity (Wildman–Crippen MR) is 147 cm³/mol. The Balaban J connectivity index is 1.31. The van der Waals surface area contributed by atoms with Gasteiger partial charge in [-0.2, -0.15) is 4.98 Å². The zero-order chi connectivity index (χ0) is 26.0. The molecule has 0 saturated carbocycles. The Labute approximate surface area is 219 Å². The van der Waals surface area contributed by atoms with E-state index in [0.29, 0.717) is 12.5 Å². The van der Waals surface area contributed by atoms with E-state index < -0.39 is 15.6 Å². The van der Waals surface area contributed by atoms with E-state index in [0.717, 1.165) is 61.9 Å². The quantitative estimate of drug-likeness (QED) is 0.435. The molecule has 2 aliphatic rings. The summed E-state index contributed by atoms with van der Waals surface area (Å²) in [5.41, 5.74) is 3.47. The molecular formula is C27H35N7O2S. The van der Waals surface area contributed by atoms with Crippen LogP contribution < -0.4 is 20.3 Å². The number of sulfonamides is 1. The van der Waals surface area contributed by atoms with Gasteiger partial charge in [0.25, 0.3) is 0 Å². The van der Waals surface area contributed by atoms with Crippen molar-refractivity contribution in [1.82, 2.24) is 24.9 Å². The van der Waals surface area contributed by atoms with Crippen molar-refractivity contribution in [3.8, 4) is 0 Å². The monoisotopic (exact) mass is 521 g/mol. The van der Waals surface area contributed by atoms with Crippen molar-refractivity contribution in [3.05, 3.63) is 65.9 Å². The first-order valence-corrected chi connectivity index (χ1v) is 14.2. The smallest absolute Gasteiger partial charge is 0.241 e. The van der Waals surface area contributed by atoms with Crippen LogP contribution in [0.15, 0.2) is 59.6 Å². The minimum absolute atomic E-state index is 0.238. The largest absolute Gasteiger partial charge is 0.326 e. The summed E-state index contributed by atoms with van der Waals surface area (Å²) in [5, 5.41) is 6.71. The second-order valence-electron chi connectivity index (χ2n) is 10.6. The van der Waals surface area contributed by atoms with Crippen LogP contribution in [-0.2, 0) is 23.0 Å². The standard InChI is InChI=1S/C27H35N7O2S/c1-27(2,3)32-37(35,36)24-6-4-5-23(17-24)34-14-11-21-18-29-26(31-25(21)34)30-22-9-7-20(8-10-22)19-33-15-12-28-13-16-33/h4-10,17-18,28,32H,11-16,19H2,1-3H3,(H,29,30,31). The summed E-state index contributed by atoms with van der Waals surface area (Å²) in [6, 6.07) is 15.4. The first kappa shape index (κ1) is 25.6. The molecule has 3 aromatic rings. The summed E-state index contributed by atoms with van der Waals surface area (Å²) in [6.07, 6.45) is 2.65. The third-order valence-corrected chi connectivity index (χ3v) is 8.16. The third-order valence-electron chi connectivity index (χ3n) is 6.41. The normalized spacial score (nSPS) is 16.6. The van der Waals surface area contributed by atoms with Crippen molar-refractivity contribution < 1.29 is 8.42 Å².